The van der Waals surface area contributed by atoms with Crippen molar-refractivity contribution in [3.05, 3.63) is 80.2 Å². The third-order valence-electron chi connectivity index (χ3n) is 9.30. The molecule has 4 aromatic rings. The number of aromatic nitrogens is 3. The number of halogens is 5. The Balaban J connectivity index is 1.83. The second kappa shape index (κ2) is 12.3. The van der Waals surface area contributed by atoms with Crippen LogP contribution in [-0.4, -0.2) is 64.1 Å². The van der Waals surface area contributed by atoms with Crippen LogP contribution in [0.1, 0.15) is 44.4 Å². The molecule has 0 bridgehead atoms. The van der Waals surface area contributed by atoms with Crippen LogP contribution < -0.4 is 21.2 Å². The molecular weight excluding hydrogens is 666 g/mol. The summed E-state index contributed by atoms with van der Waals surface area (Å²) in [6.45, 7) is 11.7. The molecule has 1 amide bonds. The molecule has 9 nitrogen and oxygen atoms in total. The van der Waals surface area contributed by atoms with Crippen LogP contribution in [0.25, 0.3) is 27.7 Å². The first kappa shape index (κ1) is 33.6. The highest BCUT2D eigenvalue weighted by molar-refractivity contribution is 6.37. The van der Waals surface area contributed by atoms with Crippen LogP contribution in [0.15, 0.2) is 35.8 Å². The topological polar surface area (TPSA) is 101 Å². The number of rotatable bonds is 4. The molecule has 2 atom stereocenters. The molecule has 0 aliphatic carbocycles. The van der Waals surface area contributed by atoms with E-state index in [4.69, 9.17) is 28.9 Å². The van der Waals surface area contributed by atoms with Gasteiger partial charge in [0.05, 0.1) is 43.8 Å². The number of hydrogen-bond acceptors (Lipinski definition) is 7. The minimum absolute atomic E-state index is 0.00121. The molecule has 6 rings (SSSR count). The van der Waals surface area contributed by atoms with Crippen molar-refractivity contribution in [2.45, 2.75) is 52.1 Å². The summed E-state index contributed by atoms with van der Waals surface area (Å²) >= 11 is 12.4. The van der Waals surface area contributed by atoms with Gasteiger partial charge in [0.1, 0.15) is 11.3 Å². The standard InChI is InChI=1S/C34H34Cl2F3N7O2/c1-7-21(47)44-14-18-9-11-43(6)31-24-32(27(39)22(26(31)38)23-25(37)19(35)12-20(36)28(23)40)46(30-16(4)8-10-41-29(30)15(2)3)34(48)42-33(24)45(18)13-17(44)5/h7-8,10,12,15,17-18H,1,9,11,13-14,40H2,2-6H3. The van der Waals surface area contributed by atoms with Crippen LogP contribution in [0.4, 0.5) is 30.4 Å². The largest absolute Gasteiger partial charge is 0.397 e. The number of aryl methyl sites for hydroxylation is 1. The van der Waals surface area contributed by atoms with Gasteiger partial charge in [-0.15, -0.1) is 0 Å². The minimum atomic E-state index is -1.26. The molecule has 1 fully saturated rings. The third-order valence-corrected chi connectivity index (χ3v) is 9.89. The molecule has 252 valence electrons. The first-order valence-electron chi connectivity index (χ1n) is 15.5. The van der Waals surface area contributed by atoms with Gasteiger partial charge in [0.2, 0.25) is 5.91 Å². The molecule has 48 heavy (non-hydrogen) atoms. The number of benzene rings is 2. The van der Waals surface area contributed by atoms with Crippen LogP contribution in [0.3, 0.4) is 0 Å². The number of anilines is 3. The zero-order chi connectivity index (χ0) is 34.9. The third kappa shape index (κ3) is 5.07. The number of piperazine rings is 1. The van der Waals surface area contributed by atoms with Gasteiger partial charge in [-0.1, -0.05) is 43.6 Å². The van der Waals surface area contributed by atoms with E-state index in [0.717, 1.165) is 10.6 Å². The Morgan fingerprint density at radius 3 is 2.48 bits per heavy atom. The predicted octanol–water partition coefficient (Wildman–Crippen LogP) is 6.62. The van der Waals surface area contributed by atoms with Crippen LogP contribution in [0, 0.1) is 24.4 Å². The SMILES string of the molecule is C=CC(=O)N1CC2CCN(C)c3c(F)c(-c4c(N)c(Cl)cc(Cl)c4F)c(F)c4c3c(nc(=O)n4-c3c(C)ccnc3C(C)C)N2CC1C. The van der Waals surface area contributed by atoms with E-state index in [1.165, 1.54) is 6.08 Å². The van der Waals surface area contributed by atoms with E-state index in [9.17, 15) is 9.59 Å². The van der Waals surface area contributed by atoms with Crippen molar-refractivity contribution in [3.63, 3.8) is 0 Å². The Bertz CT molecular complexity index is 2060. The quantitative estimate of drug-likeness (QED) is 0.145. The maximum Gasteiger partial charge on any atom is 0.354 e. The lowest BCUT2D eigenvalue weighted by Crippen LogP contribution is -2.60. The molecule has 4 heterocycles. The number of amides is 1. The van der Waals surface area contributed by atoms with Crippen molar-refractivity contribution < 1.29 is 18.0 Å². The first-order valence-corrected chi connectivity index (χ1v) is 16.2. The molecule has 2 N–H and O–H groups in total. The Morgan fingerprint density at radius 2 is 1.81 bits per heavy atom. The zero-order valence-corrected chi connectivity index (χ0v) is 28.6. The number of nitrogens with two attached hydrogens (primary N) is 1. The molecule has 2 aromatic heterocycles. The van der Waals surface area contributed by atoms with E-state index in [2.05, 4.69) is 16.5 Å². The Kier molecular flexibility index (Phi) is 8.61. The van der Waals surface area contributed by atoms with E-state index < -0.39 is 45.0 Å². The van der Waals surface area contributed by atoms with Crippen LogP contribution in [-0.2, 0) is 4.79 Å². The molecule has 14 heteroatoms. The van der Waals surface area contributed by atoms with Crippen LogP contribution in [0.5, 0.6) is 0 Å². The summed E-state index contributed by atoms with van der Waals surface area (Å²) in [5.74, 6) is -3.97. The number of nitrogen functional groups attached to an aromatic ring is 1. The lowest BCUT2D eigenvalue weighted by atomic mass is 9.95. The summed E-state index contributed by atoms with van der Waals surface area (Å²) in [4.78, 5) is 41.2. The van der Waals surface area contributed by atoms with Crippen molar-refractivity contribution >= 4 is 57.2 Å². The molecule has 2 aliphatic heterocycles. The van der Waals surface area contributed by atoms with E-state index in [0.29, 0.717) is 17.7 Å². The number of carbonyl (C=O) groups is 1. The second-order valence-electron chi connectivity index (χ2n) is 12.6. The maximum atomic E-state index is 17.6. The maximum absolute atomic E-state index is 17.6. The number of fused-ring (bicyclic) bond motifs is 2. The molecule has 0 spiro atoms. The minimum Gasteiger partial charge on any atom is -0.397 e. The Labute approximate surface area is 285 Å². The smallest absolute Gasteiger partial charge is 0.354 e. The Morgan fingerprint density at radius 1 is 1.10 bits per heavy atom. The lowest BCUT2D eigenvalue weighted by Gasteiger charge is -2.47. The first-order chi connectivity index (χ1) is 22.7. The van der Waals surface area contributed by atoms with Crippen molar-refractivity contribution in [3.8, 4) is 16.8 Å². The van der Waals surface area contributed by atoms with Crippen molar-refractivity contribution in [1.82, 2.24) is 19.4 Å². The molecular formula is C34H34Cl2F3N7O2. The normalized spacial score (nSPS) is 17.9. The fourth-order valence-electron chi connectivity index (χ4n) is 6.93. The molecule has 0 radical (unpaired) electrons. The van der Waals surface area contributed by atoms with Crippen molar-refractivity contribution in [1.29, 1.82) is 0 Å². The van der Waals surface area contributed by atoms with Gasteiger partial charge < -0.3 is 20.4 Å². The highest BCUT2D eigenvalue weighted by atomic mass is 35.5. The zero-order valence-electron chi connectivity index (χ0n) is 27.0. The Hall–Kier alpha value is -4.29. The summed E-state index contributed by atoms with van der Waals surface area (Å²) in [6.07, 6.45) is 3.25. The van der Waals surface area contributed by atoms with Gasteiger partial charge in [0.15, 0.2) is 17.5 Å². The average molecular weight is 701 g/mol. The van der Waals surface area contributed by atoms with Gasteiger partial charge in [0.25, 0.3) is 0 Å². The van der Waals surface area contributed by atoms with Crippen LogP contribution >= 0.6 is 23.2 Å². The molecule has 2 aromatic carbocycles. The number of pyridine rings is 1. The van der Waals surface area contributed by atoms with Gasteiger partial charge >= 0.3 is 5.69 Å². The summed E-state index contributed by atoms with van der Waals surface area (Å²) in [5.41, 5.74) is 4.31. The summed E-state index contributed by atoms with van der Waals surface area (Å²) < 4.78 is 51.7. The lowest BCUT2D eigenvalue weighted by molar-refractivity contribution is -0.128. The van der Waals surface area contributed by atoms with E-state index in [1.807, 2.05) is 25.7 Å². The monoisotopic (exact) mass is 699 g/mol. The molecule has 0 saturated carbocycles. The van der Waals surface area contributed by atoms with E-state index >= 15 is 13.2 Å². The highest BCUT2D eigenvalue weighted by Gasteiger charge is 2.40. The average Bonchev–Trinajstić information content (AvgIpc) is 3.03. The van der Waals surface area contributed by atoms with Gasteiger partial charge in [-0.2, -0.15) is 4.98 Å². The van der Waals surface area contributed by atoms with Gasteiger partial charge in [-0.3, -0.25) is 14.3 Å². The summed E-state index contributed by atoms with van der Waals surface area (Å²) in [6, 6.07) is 2.02. The van der Waals surface area contributed by atoms with Crippen molar-refractivity contribution in [2.24, 2.45) is 0 Å². The predicted molar refractivity (Wildman–Crippen MR) is 184 cm³/mol. The number of hydrogen-bond donors (Lipinski definition) is 1. The summed E-state index contributed by atoms with van der Waals surface area (Å²) in [5, 5.41) is -0.685. The van der Waals surface area contributed by atoms with Gasteiger partial charge in [0, 0.05) is 50.5 Å². The molecule has 1 saturated heterocycles. The van der Waals surface area contributed by atoms with Gasteiger partial charge in [-0.25, -0.2) is 18.0 Å². The van der Waals surface area contributed by atoms with Gasteiger partial charge in [-0.05, 0) is 50.0 Å². The van der Waals surface area contributed by atoms with Crippen LogP contribution in [0.2, 0.25) is 10.0 Å². The fraction of sp³-hybridized carbons (Fsp3) is 0.353. The highest BCUT2D eigenvalue weighted by Crippen LogP contribution is 2.48. The molecule has 2 unspecified atom stereocenters. The number of nitrogens with zero attached hydrogens (tertiary/aromatic N) is 6. The number of carbonyl (C=O) groups excluding carboxylic acids is 1. The second-order valence-corrected chi connectivity index (χ2v) is 13.5. The summed E-state index contributed by atoms with van der Waals surface area (Å²) in [7, 11) is 1.62. The van der Waals surface area contributed by atoms with Crippen molar-refractivity contribution in [2.75, 3.05) is 42.2 Å². The van der Waals surface area contributed by atoms with E-state index in [-0.39, 0.29) is 76.7 Å². The van der Waals surface area contributed by atoms with E-state index in [1.54, 1.807) is 36.0 Å². The fourth-order valence-corrected chi connectivity index (χ4v) is 7.40. The molecule has 2 aliphatic rings.